The molecule has 1 nitrogen and oxygen atoms in total. The summed E-state index contributed by atoms with van der Waals surface area (Å²) in [5.74, 6) is 3.63. The fourth-order valence-corrected chi connectivity index (χ4v) is 1.86. The summed E-state index contributed by atoms with van der Waals surface area (Å²) in [5, 5.41) is 0. The van der Waals surface area contributed by atoms with Gasteiger partial charge >= 0.3 is 0 Å². The summed E-state index contributed by atoms with van der Waals surface area (Å²) in [4.78, 5) is 0. The van der Waals surface area contributed by atoms with Crippen molar-refractivity contribution in [3.63, 3.8) is 0 Å². The first-order valence-electron chi connectivity index (χ1n) is 7.02. The first-order valence-corrected chi connectivity index (χ1v) is 7.02. The second-order valence-electron chi connectivity index (χ2n) is 4.61. The maximum absolute atomic E-state index is 5.71. The van der Waals surface area contributed by atoms with Crippen LogP contribution >= 0.6 is 0 Å². The molecule has 0 bridgehead atoms. The van der Waals surface area contributed by atoms with Crippen molar-refractivity contribution in [3.05, 3.63) is 29.8 Å². The smallest absolute Gasteiger partial charge is 0.119 e. The van der Waals surface area contributed by atoms with Crippen LogP contribution in [0.1, 0.15) is 51.0 Å². The van der Waals surface area contributed by atoms with Crippen LogP contribution in [-0.4, -0.2) is 6.61 Å². The molecule has 0 atom stereocenters. The van der Waals surface area contributed by atoms with E-state index in [2.05, 4.69) is 25.0 Å². The van der Waals surface area contributed by atoms with Gasteiger partial charge in [0.05, 0.1) is 6.61 Å². The number of terminal acetylenes is 1. The molecule has 1 aromatic carbocycles. The average Bonchev–Trinajstić information content (AvgIpc) is 2.42. The minimum absolute atomic E-state index is 0.803. The van der Waals surface area contributed by atoms with Crippen LogP contribution in [0.4, 0.5) is 0 Å². The SMILES string of the molecule is C#CCCc1ccc(OCCCCCCC)cc1. The lowest BCUT2D eigenvalue weighted by Crippen LogP contribution is -1.97. The predicted octanol–water partition coefficient (Wildman–Crippen LogP) is 4.60. The summed E-state index contributed by atoms with van der Waals surface area (Å²) in [5.41, 5.74) is 1.28. The molecule has 1 rings (SSSR count). The molecular weight excluding hydrogens is 220 g/mol. The normalized spacial score (nSPS) is 10.0. The minimum atomic E-state index is 0.803. The minimum Gasteiger partial charge on any atom is -0.494 e. The summed E-state index contributed by atoms with van der Waals surface area (Å²) in [7, 11) is 0. The summed E-state index contributed by atoms with van der Waals surface area (Å²) in [6.07, 6.45) is 13.4. The van der Waals surface area contributed by atoms with Gasteiger partial charge in [-0.25, -0.2) is 0 Å². The van der Waals surface area contributed by atoms with E-state index >= 15 is 0 Å². The van der Waals surface area contributed by atoms with Crippen LogP contribution in [0.5, 0.6) is 5.75 Å². The van der Waals surface area contributed by atoms with Crippen LogP contribution in [-0.2, 0) is 6.42 Å². The molecule has 0 aliphatic heterocycles. The summed E-state index contributed by atoms with van der Waals surface area (Å²) in [6.45, 7) is 3.06. The zero-order chi connectivity index (χ0) is 13.1. The van der Waals surface area contributed by atoms with E-state index in [4.69, 9.17) is 11.2 Å². The van der Waals surface area contributed by atoms with Crippen molar-refractivity contribution in [1.82, 2.24) is 0 Å². The van der Waals surface area contributed by atoms with Crippen LogP contribution in [0, 0.1) is 12.3 Å². The maximum atomic E-state index is 5.71. The molecule has 0 N–H and O–H groups in total. The number of benzene rings is 1. The van der Waals surface area contributed by atoms with Gasteiger partial charge in [0.15, 0.2) is 0 Å². The number of rotatable bonds is 9. The van der Waals surface area contributed by atoms with Gasteiger partial charge < -0.3 is 4.74 Å². The second-order valence-corrected chi connectivity index (χ2v) is 4.61. The Balaban J connectivity index is 2.17. The Morgan fingerprint density at radius 1 is 1.06 bits per heavy atom. The first kappa shape index (κ1) is 14.6. The molecule has 0 amide bonds. The van der Waals surface area contributed by atoms with Crippen LogP contribution < -0.4 is 4.74 Å². The number of unbranched alkanes of at least 4 members (excludes halogenated alkanes) is 4. The molecule has 98 valence electrons. The van der Waals surface area contributed by atoms with E-state index in [1.165, 1.54) is 31.2 Å². The lowest BCUT2D eigenvalue weighted by molar-refractivity contribution is 0.304. The third-order valence-corrected chi connectivity index (χ3v) is 3.00. The van der Waals surface area contributed by atoms with Crippen molar-refractivity contribution in [2.75, 3.05) is 6.61 Å². The average molecular weight is 244 g/mol. The highest BCUT2D eigenvalue weighted by Crippen LogP contribution is 2.14. The van der Waals surface area contributed by atoms with E-state index in [0.717, 1.165) is 31.6 Å². The Morgan fingerprint density at radius 2 is 1.78 bits per heavy atom. The third kappa shape index (κ3) is 6.35. The van der Waals surface area contributed by atoms with E-state index in [9.17, 15) is 0 Å². The Labute approximate surface area is 112 Å². The molecule has 0 aliphatic carbocycles. The quantitative estimate of drug-likeness (QED) is 0.455. The topological polar surface area (TPSA) is 9.23 Å². The molecule has 0 aromatic heterocycles. The highest BCUT2D eigenvalue weighted by molar-refractivity contribution is 5.27. The van der Waals surface area contributed by atoms with E-state index in [1.807, 2.05) is 12.1 Å². The van der Waals surface area contributed by atoms with Gasteiger partial charge in [0, 0.05) is 6.42 Å². The number of aryl methyl sites for hydroxylation is 1. The number of hydrogen-bond donors (Lipinski definition) is 0. The van der Waals surface area contributed by atoms with Crippen molar-refractivity contribution in [1.29, 1.82) is 0 Å². The van der Waals surface area contributed by atoms with E-state index in [0.29, 0.717) is 0 Å². The van der Waals surface area contributed by atoms with Gasteiger partial charge in [-0.2, -0.15) is 0 Å². The largest absolute Gasteiger partial charge is 0.494 e. The fourth-order valence-electron chi connectivity index (χ4n) is 1.86. The van der Waals surface area contributed by atoms with Gasteiger partial charge in [0.25, 0.3) is 0 Å². The summed E-state index contributed by atoms with van der Waals surface area (Å²) in [6, 6.07) is 8.28. The summed E-state index contributed by atoms with van der Waals surface area (Å²) < 4.78 is 5.71. The summed E-state index contributed by atoms with van der Waals surface area (Å²) >= 11 is 0. The van der Waals surface area contributed by atoms with Crippen molar-refractivity contribution >= 4 is 0 Å². The van der Waals surface area contributed by atoms with E-state index in [1.54, 1.807) is 0 Å². The van der Waals surface area contributed by atoms with Crippen molar-refractivity contribution < 1.29 is 4.74 Å². The molecule has 0 unspecified atom stereocenters. The van der Waals surface area contributed by atoms with E-state index in [-0.39, 0.29) is 0 Å². The Hall–Kier alpha value is -1.42. The number of ether oxygens (including phenoxy) is 1. The standard InChI is InChI=1S/C17H24O/c1-3-5-7-8-9-15-18-17-13-11-16(12-14-17)10-6-4-2/h2,11-14H,3,5-10,15H2,1H3. The molecule has 1 heteroatoms. The van der Waals surface area contributed by atoms with Crippen LogP contribution in [0.25, 0.3) is 0 Å². The maximum Gasteiger partial charge on any atom is 0.119 e. The van der Waals surface area contributed by atoms with Gasteiger partial charge in [-0.05, 0) is 30.5 Å². The zero-order valence-corrected chi connectivity index (χ0v) is 11.5. The van der Waals surface area contributed by atoms with Crippen LogP contribution in [0.15, 0.2) is 24.3 Å². The Morgan fingerprint density at radius 3 is 2.44 bits per heavy atom. The molecule has 0 saturated heterocycles. The second kappa shape index (κ2) is 9.59. The van der Waals surface area contributed by atoms with Crippen LogP contribution in [0.2, 0.25) is 0 Å². The highest BCUT2D eigenvalue weighted by atomic mass is 16.5. The molecule has 0 aliphatic rings. The predicted molar refractivity (Wildman–Crippen MR) is 77.9 cm³/mol. The van der Waals surface area contributed by atoms with E-state index < -0.39 is 0 Å². The Bertz CT molecular complexity index is 345. The lowest BCUT2D eigenvalue weighted by Gasteiger charge is -2.06. The molecular formula is C17H24O. The number of hydrogen-bond acceptors (Lipinski definition) is 1. The monoisotopic (exact) mass is 244 g/mol. The zero-order valence-electron chi connectivity index (χ0n) is 11.5. The molecule has 0 radical (unpaired) electrons. The van der Waals surface area contributed by atoms with Crippen molar-refractivity contribution in [2.45, 2.75) is 51.9 Å². The van der Waals surface area contributed by atoms with Crippen molar-refractivity contribution in [2.24, 2.45) is 0 Å². The van der Waals surface area contributed by atoms with Crippen molar-refractivity contribution in [3.8, 4) is 18.1 Å². The molecule has 0 saturated carbocycles. The van der Waals surface area contributed by atoms with Gasteiger partial charge in [-0.3, -0.25) is 0 Å². The molecule has 1 aromatic rings. The Kier molecular flexibility index (Phi) is 7.80. The molecule has 0 spiro atoms. The highest BCUT2D eigenvalue weighted by Gasteiger charge is 1.96. The van der Waals surface area contributed by atoms with Gasteiger partial charge in [0.1, 0.15) is 5.75 Å². The van der Waals surface area contributed by atoms with Gasteiger partial charge in [-0.15, -0.1) is 12.3 Å². The molecule has 0 heterocycles. The first-order chi connectivity index (χ1) is 8.86. The lowest BCUT2D eigenvalue weighted by atomic mass is 10.1. The van der Waals surface area contributed by atoms with Gasteiger partial charge in [0.2, 0.25) is 0 Å². The molecule has 18 heavy (non-hydrogen) atoms. The molecule has 0 fully saturated rings. The van der Waals surface area contributed by atoms with Gasteiger partial charge in [-0.1, -0.05) is 44.7 Å². The van der Waals surface area contributed by atoms with Crippen LogP contribution in [0.3, 0.4) is 0 Å². The fraction of sp³-hybridized carbons (Fsp3) is 0.529. The third-order valence-electron chi connectivity index (χ3n) is 3.00.